The molecule has 1 heterocycles. The van der Waals surface area contributed by atoms with Gasteiger partial charge in [0.15, 0.2) is 0 Å². The number of benzene rings is 2. The second kappa shape index (κ2) is 8.27. The summed E-state index contributed by atoms with van der Waals surface area (Å²) >= 11 is 0. The smallest absolute Gasteiger partial charge is 0.228 e. The van der Waals surface area contributed by atoms with Gasteiger partial charge in [-0.15, -0.1) is 0 Å². The molecule has 5 nitrogen and oxygen atoms in total. The van der Waals surface area contributed by atoms with Crippen LogP contribution in [0.2, 0.25) is 0 Å². The average Bonchev–Trinajstić information content (AvgIpc) is 3.36. The maximum Gasteiger partial charge on any atom is 0.228 e. The van der Waals surface area contributed by atoms with E-state index in [4.69, 9.17) is 0 Å². The van der Waals surface area contributed by atoms with Gasteiger partial charge in [0.1, 0.15) is 0 Å². The van der Waals surface area contributed by atoms with Gasteiger partial charge in [-0.25, -0.2) is 0 Å². The Morgan fingerprint density at radius 2 is 1.62 bits per heavy atom. The monoisotopic (exact) mass is 391 g/mol. The van der Waals surface area contributed by atoms with Crippen LogP contribution in [0.15, 0.2) is 42.5 Å². The third-order valence-corrected chi connectivity index (χ3v) is 6.06. The largest absolute Gasteiger partial charge is 0.372 e. The summed E-state index contributed by atoms with van der Waals surface area (Å²) < 4.78 is 0. The fourth-order valence-corrected chi connectivity index (χ4v) is 4.16. The van der Waals surface area contributed by atoms with Crippen LogP contribution >= 0.6 is 0 Å². The molecular weight excluding hydrogens is 362 g/mol. The molecule has 2 atom stereocenters. The molecule has 2 aromatic rings. The Hall–Kier alpha value is -2.82. The van der Waals surface area contributed by atoms with Crippen LogP contribution in [0.3, 0.4) is 0 Å². The van der Waals surface area contributed by atoms with E-state index in [1.165, 1.54) is 18.5 Å². The zero-order chi connectivity index (χ0) is 20.4. The number of nitrogens with one attached hydrogen (secondary N) is 2. The molecule has 2 amide bonds. The third kappa shape index (κ3) is 4.29. The number of amides is 2. The van der Waals surface area contributed by atoms with E-state index in [2.05, 4.69) is 34.6 Å². The van der Waals surface area contributed by atoms with Crippen molar-refractivity contribution in [2.75, 3.05) is 28.6 Å². The maximum absolute atomic E-state index is 12.7. The zero-order valence-corrected chi connectivity index (χ0v) is 17.2. The zero-order valence-electron chi connectivity index (χ0n) is 17.2. The average molecular weight is 392 g/mol. The Bertz CT molecular complexity index is 901. The Morgan fingerprint density at radius 1 is 0.966 bits per heavy atom. The summed E-state index contributed by atoms with van der Waals surface area (Å²) in [4.78, 5) is 27.6. The Morgan fingerprint density at radius 3 is 2.28 bits per heavy atom. The first-order valence-corrected chi connectivity index (χ1v) is 10.6. The molecule has 2 aliphatic rings. The third-order valence-electron chi connectivity index (χ3n) is 6.06. The van der Waals surface area contributed by atoms with Gasteiger partial charge in [0.25, 0.3) is 0 Å². The lowest BCUT2D eigenvalue weighted by molar-refractivity contribution is -0.122. The van der Waals surface area contributed by atoms with Crippen LogP contribution in [-0.2, 0) is 16.0 Å². The number of para-hydroxylation sites is 1. The van der Waals surface area contributed by atoms with Gasteiger partial charge in [-0.05, 0) is 68.0 Å². The lowest BCUT2D eigenvalue weighted by Crippen LogP contribution is -2.21. The van der Waals surface area contributed by atoms with Crippen molar-refractivity contribution in [1.29, 1.82) is 0 Å². The summed E-state index contributed by atoms with van der Waals surface area (Å²) in [5.41, 5.74) is 5.06. The second-order valence-electron chi connectivity index (χ2n) is 8.13. The molecule has 1 aliphatic carbocycles. The topological polar surface area (TPSA) is 61.4 Å². The van der Waals surface area contributed by atoms with Gasteiger partial charge in [-0.2, -0.15) is 0 Å². The highest BCUT2D eigenvalue weighted by molar-refractivity contribution is 6.03. The van der Waals surface area contributed by atoms with Crippen LogP contribution in [0.25, 0.3) is 0 Å². The highest BCUT2D eigenvalue weighted by atomic mass is 16.2. The fraction of sp³-hybridized carbons (Fsp3) is 0.417. The minimum absolute atomic E-state index is 0.0569. The van der Waals surface area contributed by atoms with Crippen molar-refractivity contribution in [3.8, 4) is 0 Å². The summed E-state index contributed by atoms with van der Waals surface area (Å²) in [5.74, 6) is -0.622. The van der Waals surface area contributed by atoms with E-state index in [1.54, 1.807) is 0 Å². The fourth-order valence-electron chi connectivity index (χ4n) is 4.16. The van der Waals surface area contributed by atoms with Crippen LogP contribution in [0.4, 0.5) is 17.1 Å². The second-order valence-corrected chi connectivity index (χ2v) is 8.13. The number of hydrogen-bond donors (Lipinski definition) is 2. The molecule has 4 rings (SSSR count). The van der Waals surface area contributed by atoms with Crippen LogP contribution in [-0.4, -0.2) is 24.9 Å². The highest BCUT2D eigenvalue weighted by Crippen LogP contribution is 2.40. The first kappa shape index (κ1) is 19.5. The van der Waals surface area contributed by atoms with Gasteiger partial charge in [0.2, 0.25) is 11.8 Å². The Balaban J connectivity index is 1.33. The molecule has 5 heteroatoms. The predicted molar refractivity (Wildman–Crippen MR) is 117 cm³/mol. The number of carbonyl (C=O) groups is 2. The summed E-state index contributed by atoms with van der Waals surface area (Å²) in [5, 5.41) is 6.02. The van der Waals surface area contributed by atoms with Crippen molar-refractivity contribution in [3.05, 3.63) is 53.6 Å². The van der Waals surface area contributed by atoms with Crippen LogP contribution in [0.1, 0.15) is 37.3 Å². The summed E-state index contributed by atoms with van der Waals surface area (Å²) in [6.07, 6.45) is 3.95. The van der Waals surface area contributed by atoms with Crippen LogP contribution in [0.5, 0.6) is 0 Å². The molecule has 29 heavy (non-hydrogen) atoms. The molecule has 2 unspecified atom stereocenters. The highest BCUT2D eigenvalue weighted by Gasteiger charge is 2.48. The molecule has 1 saturated carbocycles. The van der Waals surface area contributed by atoms with Crippen molar-refractivity contribution in [3.63, 3.8) is 0 Å². The Kier molecular flexibility index (Phi) is 5.56. The van der Waals surface area contributed by atoms with E-state index in [0.717, 1.165) is 42.0 Å². The number of aryl methyl sites for hydroxylation is 2. The lowest BCUT2D eigenvalue weighted by atomic mass is 10.1. The molecule has 0 aromatic heterocycles. The molecule has 2 fully saturated rings. The first-order chi connectivity index (χ1) is 14.1. The van der Waals surface area contributed by atoms with Crippen LogP contribution in [0, 0.1) is 18.8 Å². The molecule has 0 spiro atoms. The van der Waals surface area contributed by atoms with E-state index in [9.17, 15) is 9.59 Å². The van der Waals surface area contributed by atoms with E-state index >= 15 is 0 Å². The summed E-state index contributed by atoms with van der Waals surface area (Å²) in [6, 6.07) is 14.0. The summed E-state index contributed by atoms with van der Waals surface area (Å²) in [7, 11) is 0. The van der Waals surface area contributed by atoms with Gasteiger partial charge in [-0.1, -0.05) is 25.1 Å². The number of anilines is 3. The minimum atomic E-state index is -0.248. The van der Waals surface area contributed by atoms with E-state index in [1.807, 2.05) is 37.3 Å². The van der Waals surface area contributed by atoms with Gasteiger partial charge in [0.05, 0.1) is 11.8 Å². The quantitative estimate of drug-likeness (QED) is 0.769. The standard InChI is InChI=1S/C24H29N3O2/c1-3-17-8-6-7-16(2)22(17)26-24(29)21-15-20(21)23(28)25-18-9-11-19(12-10-18)27-13-4-5-14-27/h6-12,20-21H,3-5,13-15H2,1-2H3,(H,25,28)(H,26,29). The van der Waals surface area contributed by atoms with Crippen molar-refractivity contribution in [1.82, 2.24) is 0 Å². The van der Waals surface area contributed by atoms with Gasteiger partial charge in [0, 0.05) is 30.2 Å². The van der Waals surface area contributed by atoms with E-state index < -0.39 is 0 Å². The normalized spacial score (nSPS) is 20.4. The van der Waals surface area contributed by atoms with Gasteiger partial charge < -0.3 is 15.5 Å². The predicted octanol–water partition coefficient (Wildman–Crippen LogP) is 4.37. The minimum Gasteiger partial charge on any atom is -0.372 e. The van der Waals surface area contributed by atoms with Crippen molar-refractivity contribution >= 4 is 28.9 Å². The molecule has 1 saturated heterocycles. The van der Waals surface area contributed by atoms with Gasteiger partial charge in [-0.3, -0.25) is 9.59 Å². The number of nitrogens with zero attached hydrogens (tertiary/aromatic N) is 1. The number of rotatable bonds is 6. The maximum atomic E-state index is 12.7. The Labute approximate surface area is 172 Å². The lowest BCUT2D eigenvalue weighted by Gasteiger charge is -2.17. The van der Waals surface area contributed by atoms with Crippen molar-refractivity contribution in [2.45, 2.75) is 39.5 Å². The SMILES string of the molecule is CCc1cccc(C)c1NC(=O)C1CC1C(=O)Nc1ccc(N2CCCC2)cc1. The number of carbonyl (C=O) groups excluding carboxylic acids is 2. The van der Waals surface area contributed by atoms with Crippen molar-refractivity contribution in [2.24, 2.45) is 11.8 Å². The molecule has 152 valence electrons. The molecule has 1 aliphatic heterocycles. The molecular formula is C24H29N3O2. The van der Waals surface area contributed by atoms with E-state index in [0.29, 0.717) is 6.42 Å². The van der Waals surface area contributed by atoms with Gasteiger partial charge >= 0.3 is 0 Å². The summed E-state index contributed by atoms with van der Waals surface area (Å²) in [6.45, 7) is 6.28. The molecule has 2 aromatic carbocycles. The molecule has 0 radical (unpaired) electrons. The first-order valence-electron chi connectivity index (χ1n) is 10.6. The van der Waals surface area contributed by atoms with Crippen molar-refractivity contribution < 1.29 is 9.59 Å². The van der Waals surface area contributed by atoms with E-state index in [-0.39, 0.29) is 23.7 Å². The molecule has 0 bridgehead atoms. The number of hydrogen-bond acceptors (Lipinski definition) is 3. The van der Waals surface area contributed by atoms with Crippen LogP contribution < -0.4 is 15.5 Å². The molecule has 2 N–H and O–H groups in total.